The van der Waals surface area contributed by atoms with E-state index in [1.54, 1.807) is 6.07 Å². The van der Waals surface area contributed by atoms with E-state index < -0.39 is 6.43 Å². The topological polar surface area (TPSA) is 29.0 Å². The summed E-state index contributed by atoms with van der Waals surface area (Å²) in [5.41, 5.74) is 0.587. The summed E-state index contributed by atoms with van der Waals surface area (Å²) in [5, 5.41) is 0.850. The van der Waals surface area contributed by atoms with Crippen molar-refractivity contribution in [1.29, 1.82) is 0 Å². The molecule has 0 N–H and O–H groups in total. The fraction of sp³-hybridized carbons (Fsp3) is 0.500. The lowest BCUT2D eigenvalue weighted by molar-refractivity contribution is 0.141. The van der Waals surface area contributed by atoms with Gasteiger partial charge in [-0.05, 0) is 30.4 Å². The lowest BCUT2D eigenvalue weighted by Crippen LogP contribution is -2.39. The number of para-hydroxylation sites is 1. The van der Waals surface area contributed by atoms with Gasteiger partial charge in [0.2, 0.25) is 0 Å². The van der Waals surface area contributed by atoms with Crippen molar-refractivity contribution in [2.45, 2.75) is 26.7 Å². The van der Waals surface area contributed by atoms with E-state index in [0.717, 1.165) is 18.5 Å². The minimum atomic E-state index is -2.65. The second-order valence-electron chi connectivity index (χ2n) is 6.07. The molecule has 5 heteroatoms. The highest BCUT2D eigenvalue weighted by molar-refractivity contribution is 5.89. The Balaban J connectivity index is 2.11. The summed E-state index contributed by atoms with van der Waals surface area (Å²) in [6.45, 7) is 6.10. The van der Waals surface area contributed by atoms with Crippen molar-refractivity contribution < 1.29 is 8.78 Å². The number of fused-ring (bicyclic) bond motifs is 1. The molecule has 1 aromatic heterocycles. The van der Waals surface area contributed by atoms with Crippen molar-refractivity contribution in [1.82, 2.24) is 9.97 Å². The Morgan fingerprint density at radius 2 is 1.76 bits per heavy atom. The standard InChI is InChI=1S/C16H19F2N3/c1-10-7-11(2)9-21(8-10)16-12-5-3-4-6-13(12)19-15(20-16)14(17)18/h3-6,10-11,14H,7-9H2,1-2H3. The van der Waals surface area contributed by atoms with Crippen molar-refractivity contribution in [2.75, 3.05) is 18.0 Å². The highest BCUT2D eigenvalue weighted by Crippen LogP contribution is 2.31. The third kappa shape index (κ3) is 2.82. The summed E-state index contributed by atoms with van der Waals surface area (Å²) >= 11 is 0. The number of anilines is 1. The first-order chi connectivity index (χ1) is 10.0. The van der Waals surface area contributed by atoms with Crippen molar-refractivity contribution in [2.24, 2.45) is 11.8 Å². The highest BCUT2D eigenvalue weighted by Gasteiger charge is 2.25. The van der Waals surface area contributed by atoms with Gasteiger partial charge in [-0.3, -0.25) is 0 Å². The van der Waals surface area contributed by atoms with Gasteiger partial charge in [0, 0.05) is 18.5 Å². The predicted molar refractivity (Wildman–Crippen MR) is 79.7 cm³/mol. The average Bonchev–Trinajstić information content (AvgIpc) is 2.45. The molecular weight excluding hydrogens is 272 g/mol. The summed E-state index contributed by atoms with van der Waals surface area (Å²) in [6, 6.07) is 7.39. The smallest absolute Gasteiger partial charge is 0.297 e. The molecule has 1 aromatic carbocycles. The first-order valence-electron chi connectivity index (χ1n) is 7.34. The van der Waals surface area contributed by atoms with E-state index in [0.29, 0.717) is 23.2 Å². The SMILES string of the molecule is CC1CC(C)CN(c2nc(C(F)F)nc3ccccc23)C1. The van der Waals surface area contributed by atoms with Gasteiger partial charge in [0.05, 0.1) is 5.52 Å². The molecule has 3 rings (SSSR count). The number of benzene rings is 1. The van der Waals surface area contributed by atoms with Gasteiger partial charge in [-0.25, -0.2) is 18.7 Å². The van der Waals surface area contributed by atoms with Crippen LogP contribution in [0.4, 0.5) is 14.6 Å². The molecule has 2 unspecified atom stereocenters. The van der Waals surface area contributed by atoms with Crippen LogP contribution >= 0.6 is 0 Å². The molecule has 2 heterocycles. The maximum absolute atomic E-state index is 13.1. The van der Waals surface area contributed by atoms with Gasteiger partial charge in [-0.2, -0.15) is 0 Å². The van der Waals surface area contributed by atoms with Gasteiger partial charge < -0.3 is 4.90 Å². The zero-order chi connectivity index (χ0) is 15.0. The average molecular weight is 291 g/mol. The minimum Gasteiger partial charge on any atom is -0.355 e. The van der Waals surface area contributed by atoms with Crippen LogP contribution in [0.5, 0.6) is 0 Å². The monoisotopic (exact) mass is 291 g/mol. The van der Waals surface area contributed by atoms with Crippen molar-refractivity contribution in [3.8, 4) is 0 Å². The summed E-state index contributed by atoms with van der Waals surface area (Å²) < 4.78 is 26.1. The Morgan fingerprint density at radius 3 is 2.43 bits per heavy atom. The normalized spacial score (nSPS) is 23.0. The molecule has 1 fully saturated rings. The molecule has 1 aliphatic rings. The summed E-state index contributed by atoms with van der Waals surface area (Å²) in [7, 11) is 0. The summed E-state index contributed by atoms with van der Waals surface area (Å²) in [5.74, 6) is 1.35. The molecule has 112 valence electrons. The third-order valence-corrected chi connectivity index (χ3v) is 3.96. The van der Waals surface area contributed by atoms with Gasteiger partial charge in [0.25, 0.3) is 6.43 Å². The van der Waals surface area contributed by atoms with Crippen LogP contribution in [0.2, 0.25) is 0 Å². The Bertz CT molecular complexity index is 634. The number of nitrogens with zero attached hydrogens (tertiary/aromatic N) is 3. The molecule has 0 radical (unpaired) electrons. The van der Waals surface area contributed by atoms with Crippen molar-refractivity contribution >= 4 is 16.7 Å². The lowest BCUT2D eigenvalue weighted by Gasteiger charge is -2.36. The van der Waals surface area contributed by atoms with Gasteiger partial charge in [-0.1, -0.05) is 26.0 Å². The van der Waals surface area contributed by atoms with E-state index >= 15 is 0 Å². The fourth-order valence-electron chi connectivity index (χ4n) is 3.25. The number of hydrogen-bond donors (Lipinski definition) is 0. The van der Waals surface area contributed by atoms with Crippen molar-refractivity contribution in [3.05, 3.63) is 30.1 Å². The Morgan fingerprint density at radius 1 is 1.10 bits per heavy atom. The Kier molecular flexibility index (Phi) is 3.74. The number of rotatable bonds is 2. The lowest BCUT2D eigenvalue weighted by atomic mass is 9.92. The summed E-state index contributed by atoms with van der Waals surface area (Å²) in [4.78, 5) is 10.3. The zero-order valence-electron chi connectivity index (χ0n) is 12.3. The predicted octanol–water partition coefficient (Wildman–Crippen LogP) is 4.05. The molecule has 2 aromatic rings. The molecule has 21 heavy (non-hydrogen) atoms. The van der Waals surface area contributed by atoms with Crippen LogP contribution in [0.25, 0.3) is 10.9 Å². The molecule has 3 nitrogen and oxygen atoms in total. The van der Waals surface area contributed by atoms with Crippen LogP contribution in [0.3, 0.4) is 0 Å². The molecule has 0 spiro atoms. The number of hydrogen-bond acceptors (Lipinski definition) is 3. The number of aromatic nitrogens is 2. The zero-order valence-corrected chi connectivity index (χ0v) is 12.3. The molecule has 0 aliphatic carbocycles. The molecule has 0 amide bonds. The maximum atomic E-state index is 13.1. The molecular formula is C16H19F2N3. The minimum absolute atomic E-state index is 0.380. The fourth-order valence-corrected chi connectivity index (χ4v) is 3.25. The van der Waals surface area contributed by atoms with E-state index in [-0.39, 0.29) is 5.82 Å². The van der Waals surface area contributed by atoms with E-state index in [2.05, 4.69) is 28.7 Å². The van der Waals surface area contributed by atoms with E-state index in [1.165, 1.54) is 6.42 Å². The Hall–Kier alpha value is -1.78. The van der Waals surface area contributed by atoms with Gasteiger partial charge in [0.1, 0.15) is 5.82 Å². The molecule has 1 saturated heterocycles. The first kappa shape index (κ1) is 14.2. The second kappa shape index (κ2) is 5.54. The van der Waals surface area contributed by atoms with Gasteiger partial charge >= 0.3 is 0 Å². The Labute approximate surface area is 123 Å². The van der Waals surface area contributed by atoms with Gasteiger partial charge in [-0.15, -0.1) is 0 Å². The summed E-state index contributed by atoms with van der Waals surface area (Å²) in [6.07, 6.45) is -1.48. The third-order valence-electron chi connectivity index (χ3n) is 3.96. The maximum Gasteiger partial charge on any atom is 0.297 e. The number of piperidine rings is 1. The van der Waals surface area contributed by atoms with E-state index in [1.807, 2.05) is 18.2 Å². The van der Waals surface area contributed by atoms with Crippen LogP contribution < -0.4 is 4.90 Å². The van der Waals surface area contributed by atoms with Crippen LogP contribution in [-0.2, 0) is 0 Å². The quantitative estimate of drug-likeness (QED) is 0.836. The molecule has 0 saturated carbocycles. The number of alkyl halides is 2. The van der Waals surface area contributed by atoms with Crippen molar-refractivity contribution in [3.63, 3.8) is 0 Å². The van der Waals surface area contributed by atoms with E-state index in [9.17, 15) is 8.78 Å². The van der Waals surface area contributed by atoms with Crippen LogP contribution in [0, 0.1) is 11.8 Å². The first-order valence-corrected chi connectivity index (χ1v) is 7.34. The van der Waals surface area contributed by atoms with E-state index in [4.69, 9.17) is 0 Å². The number of halogens is 2. The van der Waals surface area contributed by atoms with Crippen LogP contribution in [0.15, 0.2) is 24.3 Å². The second-order valence-corrected chi connectivity index (χ2v) is 6.07. The van der Waals surface area contributed by atoms with Crippen LogP contribution in [-0.4, -0.2) is 23.1 Å². The van der Waals surface area contributed by atoms with Gasteiger partial charge in [0.15, 0.2) is 5.82 Å². The highest BCUT2D eigenvalue weighted by atomic mass is 19.3. The molecule has 0 bridgehead atoms. The largest absolute Gasteiger partial charge is 0.355 e. The molecule has 1 aliphatic heterocycles. The van der Waals surface area contributed by atoms with Crippen LogP contribution in [0.1, 0.15) is 32.5 Å². The molecule has 2 atom stereocenters.